The van der Waals surface area contributed by atoms with Gasteiger partial charge in [0, 0.05) is 15.2 Å². The molecule has 0 bridgehead atoms. The second kappa shape index (κ2) is 6.84. The van der Waals surface area contributed by atoms with Crippen molar-refractivity contribution in [3.8, 4) is 0 Å². The number of aliphatic carboxylic acids is 1. The van der Waals surface area contributed by atoms with E-state index < -0.39 is 11.5 Å². The molecule has 0 spiro atoms. The van der Waals surface area contributed by atoms with Gasteiger partial charge in [0.05, 0.1) is 5.02 Å². The van der Waals surface area contributed by atoms with Crippen molar-refractivity contribution < 1.29 is 9.90 Å². The van der Waals surface area contributed by atoms with E-state index in [0.717, 1.165) is 4.90 Å². The summed E-state index contributed by atoms with van der Waals surface area (Å²) in [5, 5.41) is 13.4. The van der Waals surface area contributed by atoms with Crippen LogP contribution < -0.4 is 5.32 Å². The highest BCUT2D eigenvalue weighted by atomic mass is 35.5. The maximum absolute atomic E-state index is 11.2. The van der Waals surface area contributed by atoms with Gasteiger partial charge in [0.2, 0.25) is 0 Å². The lowest BCUT2D eigenvalue weighted by Gasteiger charge is -2.27. The fourth-order valence-corrected chi connectivity index (χ4v) is 3.41. The summed E-state index contributed by atoms with van der Waals surface area (Å²) in [5.41, 5.74) is -0.947. The molecule has 19 heavy (non-hydrogen) atoms. The lowest BCUT2D eigenvalue weighted by atomic mass is 9.96. The van der Waals surface area contributed by atoms with Gasteiger partial charge in [-0.3, -0.25) is 4.79 Å². The summed E-state index contributed by atoms with van der Waals surface area (Å²) >= 11 is 13.6. The quantitative estimate of drug-likeness (QED) is 0.779. The predicted molar refractivity (Wildman–Crippen MR) is 81.5 cm³/mol. The zero-order valence-corrected chi connectivity index (χ0v) is 13.4. The number of carboxylic acid groups (broad SMARTS) is 1. The van der Waals surface area contributed by atoms with Gasteiger partial charge in [0.15, 0.2) is 0 Å². The molecule has 2 unspecified atom stereocenters. The number of rotatable bonds is 6. The number of carbonyl (C=O) groups is 1. The van der Waals surface area contributed by atoms with Crippen LogP contribution in [0.1, 0.15) is 20.3 Å². The highest BCUT2D eigenvalue weighted by molar-refractivity contribution is 8.00. The first-order chi connectivity index (χ1) is 8.78. The van der Waals surface area contributed by atoms with E-state index in [2.05, 4.69) is 5.32 Å². The summed E-state index contributed by atoms with van der Waals surface area (Å²) < 4.78 is 0. The van der Waals surface area contributed by atoms with E-state index in [0.29, 0.717) is 16.5 Å². The first-order valence-electron chi connectivity index (χ1n) is 5.82. The van der Waals surface area contributed by atoms with Crippen LogP contribution in [-0.4, -0.2) is 28.9 Å². The van der Waals surface area contributed by atoms with E-state index in [1.807, 2.05) is 6.92 Å². The van der Waals surface area contributed by atoms with E-state index in [1.165, 1.54) is 11.8 Å². The molecule has 106 valence electrons. The summed E-state index contributed by atoms with van der Waals surface area (Å²) in [7, 11) is 1.65. The Bertz CT molecular complexity index is 470. The Hall–Kier alpha value is -0.420. The molecule has 0 amide bonds. The molecule has 1 rings (SSSR count). The van der Waals surface area contributed by atoms with Crippen molar-refractivity contribution in [1.82, 2.24) is 5.32 Å². The largest absolute Gasteiger partial charge is 0.480 e. The average molecular weight is 322 g/mol. The zero-order chi connectivity index (χ0) is 14.6. The molecule has 6 heteroatoms. The fourth-order valence-electron chi connectivity index (χ4n) is 1.70. The predicted octanol–water partition coefficient (Wildman–Crippen LogP) is 3.93. The molecule has 0 saturated heterocycles. The first-order valence-corrected chi connectivity index (χ1v) is 7.46. The minimum absolute atomic E-state index is 0.0875. The molecule has 0 aliphatic heterocycles. The van der Waals surface area contributed by atoms with E-state index in [-0.39, 0.29) is 5.25 Å². The number of thioether (sulfide) groups is 1. The number of benzene rings is 1. The fraction of sp³-hybridized carbons (Fsp3) is 0.462. The van der Waals surface area contributed by atoms with Gasteiger partial charge in [-0.05, 0) is 38.6 Å². The lowest BCUT2D eigenvalue weighted by molar-refractivity contribution is -0.144. The molecule has 0 radical (unpaired) electrons. The van der Waals surface area contributed by atoms with E-state index in [4.69, 9.17) is 23.2 Å². The van der Waals surface area contributed by atoms with Crippen molar-refractivity contribution in [2.45, 2.75) is 36.0 Å². The maximum atomic E-state index is 11.2. The smallest absolute Gasteiger partial charge is 0.323 e. The molecular formula is C13H17Cl2NO2S. The van der Waals surface area contributed by atoms with Crippen LogP contribution in [0.15, 0.2) is 23.1 Å². The molecule has 0 fully saturated rings. The van der Waals surface area contributed by atoms with Crippen LogP contribution in [0.25, 0.3) is 0 Å². The van der Waals surface area contributed by atoms with E-state index in [1.54, 1.807) is 32.2 Å². The van der Waals surface area contributed by atoms with Crippen molar-refractivity contribution in [3.63, 3.8) is 0 Å². The van der Waals surface area contributed by atoms with Crippen molar-refractivity contribution in [3.05, 3.63) is 28.2 Å². The summed E-state index contributed by atoms with van der Waals surface area (Å²) in [4.78, 5) is 12.1. The van der Waals surface area contributed by atoms with Crippen LogP contribution in [0, 0.1) is 0 Å². The molecule has 0 aromatic heterocycles. The van der Waals surface area contributed by atoms with Crippen LogP contribution >= 0.6 is 35.0 Å². The SMILES string of the molecule is CNC(C)(CC(C)Sc1cc(Cl)ccc1Cl)C(=O)O. The molecule has 0 heterocycles. The molecule has 2 atom stereocenters. The Morgan fingerprint density at radius 2 is 2.16 bits per heavy atom. The molecule has 2 N–H and O–H groups in total. The highest BCUT2D eigenvalue weighted by Crippen LogP contribution is 2.35. The molecule has 1 aromatic carbocycles. The van der Waals surface area contributed by atoms with Gasteiger partial charge in [0.25, 0.3) is 0 Å². The Labute approximate surface area is 127 Å². The number of carboxylic acids is 1. The van der Waals surface area contributed by atoms with Crippen LogP contribution in [0.3, 0.4) is 0 Å². The summed E-state index contributed by atoms with van der Waals surface area (Å²) in [6.45, 7) is 3.65. The monoisotopic (exact) mass is 321 g/mol. The third-order valence-corrected chi connectivity index (χ3v) is 4.78. The minimum atomic E-state index is -0.947. The van der Waals surface area contributed by atoms with Gasteiger partial charge in [-0.15, -0.1) is 11.8 Å². The number of hydrogen-bond acceptors (Lipinski definition) is 3. The Morgan fingerprint density at radius 1 is 1.53 bits per heavy atom. The number of likely N-dealkylation sites (N-methyl/N-ethyl adjacent to an activating group) is 1. The maximum Gasteiger partial charge on any atom is 0.323 e. The van der Waals surface area contributed by atoms with Crippen LogP contribution in [0.4, 0.5) is 0 Å². The second-order valence-corrected chi connectivity index (χ2v) is 6.92. The third kappa shape index (κ3) is 4.56. The molecule has 0 saturated carbocycles. The van der Waals surface area contributed by atoms with Gasteiger partial charge < -0.3 is 10.4 Å². The van der Waals surface area contributed by atoms with Gasteiger partial charge in [-0.25, -0.2) is 0 Å². The van der Waals surface area contributed by atoms with E-state index >= 15 is 0 Å². The molecule has 1 aromatic rings. The number of nitrogens with one attached hydrogen (secondary N) is 1. The van der Waals surface area contributed by atoms with Crippen molar-refractivity contribution >= 4 is 40.9 Å². The minimum Gasteiger partial charge on any atom is -0.480 e. The molecule has 0 aliphatic rings. The summed E-state index contributed by atoms with van der Waals surface area (Å²) in [6.07, 6.45) is 0.479. The van der Waals surface area contributed by atoms with Crippen LogP contribution in [0.2, 0.25) is 10.0 Å². The third-order valence-electron chi connectivity index (χ3n) is 2.94. The normalized spacial score (nSPS) is 15.8. The van der Waals surface area contributed by atoms with Gasteiger partial charge in [-0.2, -0.15) is 0 Å². The molecular weight excluding hydrogens is 305 g/mol. The first kappa shape index (κ1) is 16.6. The van der Waals surface area contributed by atoms with Gasteiger partial charge in [-0.1, -0.05) is 30.1 Å². The molecule has 3 nitrogen and oxygen atoms in total. The lowest BCUT2D eigenvalue weighted by Crippen LogP contribution is -2.49. The Kier molecular flexibility index (Phi) is 5.99. The second-order valence-electron chi connectivity index (χ2n) is 4.59. The number of halogens is 2. The highest BCUT2D eigenvalue weighted by Gasteiger charge is 2.33. The Balaban J connectivity index is 2.77. The van der Waals surface area contributed by atoms with Crippen molar-refractivity contribution in [2.24, 2.45) is 0 Å². The van der Waals surface area contributed by atoms with Crippen LogP contribution in [-0.2, 0) is 4.79 Å². The van der Waals surface area contributed by atoms with Crippen molar-refractivity contribution in [1.29, 1.82) is 0 Å². The Morgan fingerprint density at radius 3 is 2.68 bits per heavy atom. The van der Waals surface area contributed by atoms with Crippen molar-refractivity contribution in [2.75, 3.05) is 7.05 Å². The topological polar surface area (TPSA) is 49.3 Å². The zero-order valence-electron chi connectivity index (χ0n) is 11.0. The average Bonchev–Trinajstić information content (AvgIpc) is 2.33. The van der Waals surface area contributed by atoms with E-state index in [9.17, 15) is 9.90 Å². The molecule has 0 aliphatic carbocycles. The summed E-state index contributed by atoms with van der Waals surface area (Å²) in [6, 6.07) is 5.27. The van der Waals surface area contributed by atoms with Gasteiger partial charge >= 0.3 is 5.97 Å². The standard InChI is InChI=1S/C13H17Cl2NO2S/c1-8(7-13(2,16-3)12(17)18)19-11-6-9(14)4-5-10(11)15/h4-6,8,16H,7H2,1-3H3,(H,17,18). The van der Waals surface area contributed by atoms with Crippen LogP contribution in [0.5, 0.6) is 0 Å². The van der Waals surface area contributed by atoms with Gasteiger partial charge in [0.1, 0.15) is 5.54 Å². The summed E-state index contributed by atoms with van der Waals surface area (Å²) in [5.74, 6) is -0.861. The number of hydrogen-bond donors (Lipinski definition) is 2.